The Morgan fingerprint density at radius 1 is 1.27 bits per heavy atom. The molecule has 0 spiro atoms. The van der Waals surface area contributed by atoms with E-state index in [4.69, 9.17) is 0 Å². The molecule has 0 aromatic carbocycles. The van der Waals surface area contributed by atoms with Gasteiger partial charge in [0.05, 0.1) is 12.0 Å². The molecule has 0 aromatic heterocycles. The molecule has 0 bridgehead atoms. The third-order valence-corrected chi connectivity index (χ3v) is 3.53. The molecule has 0 atom stereocenters. The van der Waals surface area contributed by atoms with Crippen molar-refractivity contribution in [3.05, 3.63) is 0 Å². The third kappa shape index (κ3) is 2.92. The van der Waals surface area contributed by atoms with Crippen molar-refractivity contribution >= 4 is 5.91 Å². The second-order valence-corrected chi connectivity index (χ2v) is 4.77. The van der Waals surface area contributed by atoms with Crippen molar-refractivity contribution in [2.24, 2.45) is 11.8 Å². The van der Waals surface area contributed by atoms with E-state index in [1.54, 1.807) is 0 Å². The number of aliphatic hydroxyl groups is 1. The number of hydrogen-bond donors (Lipinski definition) is 3. The fraction of sp³-hybridized carbons (Fsp3) is 0.909. The number of amides is 1. The number of aliphatic hydroxyl groups excluding tert-OH is 1. The van der Waals surface area contributed by atoms with Crippen LogP contribution in [0.25, 0.3) is 0 Å². The van der Waals surface area contributed by atoms with Gasteiger partial charge in [-0.15, -0.1) is 0 Å². The van der Waals surface area contributed by atoms with E-state index in [0.29, 0.717) is 5.92 Å². The van der Waals surface area contributed by atoms with Gasteiger partial charge < -0.3 is 15.7 Å². The average molecular weight is 212 g/mol. The number of nitrogens with one attached hydrogen (secondary N) is 2. The Kier molecular flexibility index (Phi) is 3.59. The van der Waals surface area contributed by atoms with Gasteiger partial charge >= 0.3 is 0 Å². The highest BCUT2D eigenvalue weighted by Crippen LogP contribution is 2.23. The van der Waals surface area contributed by atoms with Gasteiger partial charge in [0.15, 0.2) is 0 Å². The summed E-state index contributed by atoms with van der Waals surface area (Å²) in [5, 5.41) is 15.4. The quantitative estimate of drug-likeness (QED) is 0.611. The van der Waals surface area contributed by atoms with Gasteiger partial charge in [-0.3, -0.25) is 4.79 Å². The maximum Gasteiger partial charge on any atom is 0.225 e. The van der Waals surface area contributed by atoms with Crippen molar-refractivity contribution in [2.75, 3.05) is 19.6 Å². The smallest absolute Gasteiger partial charge is 0.225 e. The molecule has 1 saturated heterocycles. The van der Waals surface area contributed by atoms with Crippen LogP contribution >= 0.6 is 0 Å². The second kappa shape index (κ2) is 4.94. The highest BCUT2D eigenvalue weighted by molar-refractivity contribution is 5.79. The average Bonchev–Trinajstić information content (AvgIpc) is 2.14. The van der Waals surface area contributed by atoms with Gasteiger partial charge in [-0.1, -0.05) is 0 Å². The van der Waals surface area contributed by atoms with Crippen LogP contribution in [-0.4, -0.2) is 36.8 Å². The monoisotopic (exact) mass is 212 g/mol. The van der Waals surface area contributed by atoms with Crippen LogP contribution in [0.1, 0.15) is 25.7 Å². The summed E-state index contributed by atoms with van der Waals surface area (Å²) in [5.41, 5.74) is 0. The third-order valence-electron chi connectivity index (χ3n) is 3.53. The fourth-order valence-corrected chi connectivity index (χ4v) is 2.21. The van der Waals surface area contributed by atoms with E-state index in [-0.39, 0.29) is 17.9 Å². The molecule has 2 aliphatic rings. The lowest BCUT2D eigenvalue weighted by molar-refractivity contribution is -0.126. The molecule has 2 rings (SSSR count). The van der Waals surface area contributed by atoms with Crippen LogP contribution in [0, 0.1) is 11.8 Å². The Balaban J connectivity index is 1.62. The van der Waals surface area contributed by atoms with Crippen molar-refractivity contribution in [1.82, 2.24) is 10.6 Å². The van der Waals surface area contributed by atoms with E-state index >= 15 is 0 Å². The van der Waals surface area contributed by atoms with Crippen molar-refractivity contribution in [3.63, 3.8) is 0 Å². The first-order valence-electron chi connectivity index (χ1n) is 5.92. The molecule has 2 fully saturated rings. The van der Waals surface area contributed by atoms with Gasteiger partial charge in [0.2, 0.25) is 5.91 Å². The largest absolute Gasteiger partial charge is 0.393 e. The van der Waals surface area contributed by atoms with Crippen LogP contribution in [0.4, 0.5) is 0 Å². The first kappa shape index (κ1) is 10.9. The molecule has 0 aromatic rings. The van der Waals surface area contributed by atoms with E-state index in [1.807, 2.05) is 0 Å². The molecule has 1 saturated carbocycles. The van der Waals surface area contributed by atoms with Crippen LogP contribution in [0.3, 0.4) is 0 Å². The predicted octanol–water partition coefficient (Wildman–Crippen LogP) is -0.127. The van der Waals surface area contributed by atoms with Gasteiger partial charge in [-0.2, -0.15) is 0 Å². The van der Waals surface area contributed by atoms with Crippen molar-refractivity contribution < 1.29 is 9.90 Å². The summed E-state index contributed by atoms with van der Waals surface area (Å²) in [4.78, 5) is 11.5. The lowest BCUT2D eigenvalue weighted by atomic mass is 9.87. The van der Waals surface area contributed by atoms with E-state index in [0.717, 1.165) is 45.3 Å². The molecule has 4 heteroatoms. The van der Waals surface area contributed by atoms with Crippen LogP contribution in [-0.2, 0) is 4.79 Å². The molecular weight excluding hydrogens is 192 g/mol. The van der Waals surface area contributed by atoms with Crippen molar-refractivity contribution in [3.8, 4) is 0 Å². The molecule has 1 heterocycles. The summed E-state index contributed by atoms with van der Waals surface area (Å²) in [7, 11) is 0. The summed E-state index contributed by atoms with van der Waals surface area (Å²) >= 11 is 0. The second-order valence-electron chi connectivity index (χ2n) is 4.77. The lowest BCUT2D eigenvalue weighted by Crippen LogP contribution is -2.51. The fourth-order valence-electron chi connectivity index (χ4n) is 2.21. The predicted molar refractivity (Wildman–Crippen MR) is 57.3 cm³/mol. The molecule has 0 unspecified atom stereocenters. The van der Waals surface area contributed by atoms with Crippen LogP contribution in [0.2, 0.25) is 0 Å². The molecule has 4 nitrogen and oxygen atoms in total. The molecule has 0 radical (unpaired) electrons. The Labute approximate surface area is 90.4 Å². The summed E-state index contributed by atoms with van der Waals surface area (Å²) in [6, 6.07) is 0. The number of rotatable bonds is 3. The van der Waals surface area contributed by atoms with E-state index < -0.39 is 0 Å². The molecule has 3 N–H and O–H groups in total. The standard InChI is InChI=1S/C11H20N2O2/c14-10-3-1-8(2-4-10)5-13-11(15)9-6-12-7-9/h8-10,12,14H,1-7H2,(H,13,15). The molecule has 1 aliphatic heterocycles. The Morgan fingerprint density at radius 2 is 1.93 bits per heavy atom. The van der Waals surface area contributed by atoms with Crippen molar-refractivity contribution in [1.29, 1.82) is 0 Å². The molecule has 86 valence electrons. The molecule has 1 amide bonds. The minimum absolute atomic E-state index is 0.104. The molecule has 1 aliphatic carbocycles. The topological polar surface area (TPSA) is 61.4 Å². The van der Waals surface area contributed by atoms with Crippen molar-refractivity contribution in [2.45, 2.75) is 31.8 Å². The first-order valence-corrected chi connectivity index (χ1v) is 5.92. The Morgan fingerprint density at radius 3 is 2.47 bits per heavy atom. The Bertz CT molecular complexity index is 221. The van der Waals surface area contributed by atoms with Gasteiger partial charge in [0, 0.05) is 19.6 Å². The normalized spacial score (nSPS) is 32.1. The summed E-state index contributed by atoms with van der Waals surface area (Å²) in [5.74, 6) is 0.962. The zero-order valence-electron chi connectivity index (χ0n) is 9.04. The van der Waals surface area contributed by atoms with Crippen LogP contribution < -0.4 is 10.6 Å². The van der Waals surface area contributed by atoms with E-state index in [2.05, 4.69) is 10.6 Å². The highest BCUT2D eigenvalue weighted by Gasteiger charge is 2.26. The summed E-state index contributed by atoms with van der Waals surface area (Å²) in [6.07, 6.45) is 3.78. The van der Waals surface area contributed by atoms with Gasteiger partial charge in [0.1, 0.15) is 0 Å². The number of carbonyl (C=O) groups is 1. The Hall–Kier alpha value is -0.610. The van der Waals surface area contributed by atoms with Crippen LogP contribution in [0.15, 0.2) is 0 Å². The molecule has 15 heavy (non-hydrogen) atoms. The maximum atomic E-state index is 11.5. The highest BCUT2D eigenvalue weighted by atomic mass is 16.3. The first-order chi connectivity index (χ1) is 7.25. The zero-order valence-corrected chi connectivity index (χ0v) is 9.04. The number of carbonyl (C=O) groups excluding carboxylic acids is 1. The lowest BCUT2D eigenvalue weighted by Gasteiger charge is -2.29. The van der Waals surface area contributed by atoms with Crippen LogP contribution in [0.5, 0.6) is 0 Å². The minimum Gasteiger partial charge on any atom is -0.393 e. The summed E-state index contributed by atoms with van der Waals surface area (Å²) in [6.45, 7) is 2.45. The van der Waals surface area contributed by atoms with Gasteiger partial charge in [-0.05, 0) is 31.6 Å². The van der Waals surface area contributed by atoms with Gasteiger partial charge in [-0.25, -0.2) is 0 Å². The van der Waals surface area contributed by atoms with Gasteiger partial charge in [0.25, 0.3) is 0 Å². The molecular formula is C11H20N2O2. The summed E-state index contributed by atoms with van der Waals surface area (Å²) < 4.78 is 0. The minimum atomic E-state index is -0.104. The maximum absolute atomic E-state index is 11.5. The van der Waals surface area contributed by atoms with E-state index in [1.165, 1.54) is 0 Å². The zero-order chi connectivity index (χ0) is 10.7. The van der Waals surface area contributed by atoms with E-state index in [9.17, 15) is 9.90 Å². The SMILES string of the molecule is O=C(NCC1CCC(O)CC1)C1CNC1. The number of hydrogen-bond acceptors (Lipinski definition) is 3.